The Kier molecular flexibility index (Phi) is 5.18. The maximum Gasteiger partial charge on any atom is 0.143 e. The van der Waals surface area contributed by atoms with Gasteiger partial charge in [0.2, 0.25) is 0 Å². The Labute approximate surface area is 137 Å². The summed E-state index contributed by atoms with van der Waals surface area (Å²) in [6.45, 7) is 0. The summed E-state index contributed by atoms with van der Waals surface area (Å²) in [5, 5.41) is 0.556. The van der Waals surface area contributed by atoms with E-state index in [2.05, 4.69) is 31.9 Å². The molecule has 0 aliphatic heterocycles. The first-order valence-corrected chi connectivity index (χ1v) is 7.69. The van der Waals surface area contributed by atoms with Crippen molar-refractivity contribution in [3.63, 3.8) is 0 Å². The van der Waals surface area contributed by atoms with Crippen molar-refractivity contribution in [2.24, 2.45) is 5.73 Å². The molecule has 0 saturated carbocycles. The Morgan fingerprint density at radius 3 is 2.45 bits per heavy atom. The lowest BCUT2D eigenvalue weighted by Gasteiger charge is -2.14. The molecule has 1 nitrogen and oxygen atoms in total. The summed E-state index contributed by atoms with van der Waals surface area (Å²) in [6.07, 6.45) is 0.0607. The second kappa shape index (κ2) is 6.52. The van der Waals surface area contributed by atoms with E-state index >= 15 is 0 Å². The topological polar surface area (TPSA) is 26.0 Å². The number of benzene rings is 2. The Hall–Kier alpha value is -0.490. The molecule has 6 heteroatoms. The summed E-state index contributed by atoms with van der Waals surface area (Å²) in [5.41, 5.74) is 6.74. The average Bonchev–Trinajstić information content (AvgIpc) is 2.42. The molecular weight excluding hydrogens is 415 g/mol. The van der Waals surface area contributed by atoms with E-state index in [1.165, 1.54) is 12.1 Å². The van der Waals surface area contributed by atoms with Crippen molar-refractivity contribution in [2.45, 2.75) is 12.5 Å². The molecule has 1 atom stereocenters. The van der Waals surface area contributed by atoms with Crippen LogP contribution in [0.25, 0.3) is 0 Å². The SMILES string of the molecule is NC(Cc1c(F)ccc(Br)c1F)c1ccc(Cl)c(Br)c1. The van der Waals surface area contributed by atoms with Crippen molar-refractivity contribution >= 4 is 43.5 Å². The van der Waals surface area contributed by atoms with Crippen molar-refractivity contribution < 1.29 is 8.78 Å². The van der Waals surface area contributed by atoms with Gasteiger partial charge in [-0.15, -0.1) is 0 Å². The first-order valence-electron chi connectivity index (χ1n) is 5.73. The third-order valence-corrected chi connectivity index (χ3v) is 4.76. The largest absolute Gasteiger partial charge is 0.324 e. The summed E-state index contributed by atoms with van der Waals surface area (Å²) in [7, 11) is 0. The Morgan fingerprint density at radius 1 is 1.10 bits per heavy atom. The molecule has 0 saturated heterocycles. The van der Waals surface area contributed by atoms with Gasteiger partial charge in [-0.25, -0.2) is 8.78 Å². The van der Waals surface area contributed by atoms with E-state index in [0.717, 1.165) is 5.56 Å². The summed E-state index contributed by atoms with van der Waals surface area (Å²) in [6, 6.07) is 7.20. The van der Waals surface area contributed by atoms with Gasteiger partial charge in [-0.2, -0.15) is 0 Å². The number of hydrogen-bond donors (Lipinski definition) is 1. The second-order valence-electron chi connectivity index (χ2n) is 4.31. The molecule has 2 N–H and O–H groups in total. The summed E-state index contributed by atoms with van der Waals surface area (Å²) < 4.78 is 28.5. The molecule has 0 heterocycles. The van der Waals surface area contributed by atoms with E-state index in [9.17, 15) is 8.78 Å². The summed E-state index contributed by atoms with van der Waals surface area (Å²) >= 11 is 12.2. The fourth-order valence-corrected chi connectivity index (χ4v) is 2.72. The zero-order valence-electron chi connectivity index (χ0n) is 10.1. The summed E-state index contributed by atoms with van der Waals surface area (Å²) in [4.78, 5) is 0. The van der Waals surface area contributed by atoms with Gasteiger partial charge in [-0.1, -0.05) is 17.7 Å². The van der Waals surface area contributed by atoms with Gasteiger partial charge in [0.1, 0.15) is 11.6 Å². The zero-order valence-corrected chi connectivity index (χ0v) is 14.1. The van der Waals surface area contributed by atoms with Crippen LogP contribution in [0.2, 0.25) is 5.02 Å². The van der Waals surface area contributed by atoms with Crippen molar-refractivity contribution in [1.29, 1.82) is 0 Å². The van der Waals surface area contributed by atoms with Crippen LogP contribution in [0.15, 0.2) is 39.3 Å². The Morgan fingerprint density at radius 2 is 1.80 bits per heavy atom. The van der Waals surface area contributed by atoms with Gasteiger partial charge in [-0.05, 0) is 68.1 Å². The van der Waals surface area contributed by atoms with Crippen molar-refractivity contribution in [1.82, 2.24) is 0 Å². The molecule has 0 aliphatic carbocycles. The third kappa shape index (κ3) is 3.39. The maximum atomic E-state index is 13.9. The van der Waals surface area contributed by atoms with Crippen LogP contribution in [0.1, 0.15) is 17.2 Å². The van der Waals surface area contributed by atoms with Crippen LogP contribution in [0, 0.1) is 11.6 Å². The first-order chi connectivity index (χ1) is 9.40. The minimum atomic E-state index is -0.617. The lowest BCUT2D eigenvalue weighted by Crippen LogP contribution is -2.15. The molecule has 0 aliphatic rings. The smallest absolute Gasteiger partial charge is 0.143 e. The monoisotopic (exact) mass is 423 g/mol. The molecular formula is C14H10Br2ClF2N. The highest BCUT2D eigenvalue weighted by Gasteiger charge is 2.17. The predicted molar refractivity (Wildman–Crippen MR) is 83.8 cm³/mol. The molecule has 0 bridgehead atoms. The third-order valence-electron chi connectivity index (χ3n) is 2.93. The van der Waals surface area contributed by atoms with Crippen LogP contribution in [-0.2, 0) is 6.42 Å². The van der Waals surface area contributed by atoms with Gasteiger partial charge in [-0.3, -0.25) is 0 Å². The molecule has 1 unspecified atom stereocenters. The van der Waals surface area contributed by atoms with E-state index in [4.69, 9.17) is 17.3 Å². The molecule has 0 spiro atoms. The standard InChI is InChI=1S/C14H10Br2ClF2N/c15-9-2-4-12(18)8(14(9)19)6-13(20)7-1-3-11(17)10(16)5-7/h1-5,13H,6,20H2. The molecule has 2 aromatic rings. The van der Waals surface area contributed by atoms with Crippen LogP contribution in [0.3, 0.4) is 0 Å². The normalized spacial score (nSPS) is 12.5. The van der Waals surface area contributed by atoms with Crippen molar-refractivity contribution in [3.8, 4) is 0 Å². The van der Waals surface area contributed by atoms with Crippen LogP contribution in [-0.4, -0.2) is 0 Å². The lowest BCUT2D eigenvalue weighted by atomic mass is 9.99. The predicted octanol–water partition coefficient (Wildman–Crippen LogP) is 5.39. The fraction of sp³-hybridized carbons (Fsp3) is 0.143. The number of halogens is 5. The van der Waals surface area contributed by atoms with Gasteiger partial charge in [0, 0.05) is 16.1 Å². The number of hydrogen-bond acceptors (Lipinski definition) is 1. The Bertz CT molecular complexity index is 649. The lowest BCUT2D eigenvalue weighted by molar-refractivity contribution is 0.536. The minimum Gasteiger partial charge on any atom is -0.324 e. The van der Waals surface area contributed by atoms with Crippen LogP contribution >= 0.6 is 43.5 Å². The molecule has 2 aromatic carbocycles. The maximum absolute atomic E-state index is 13.9. The highest BCUT2D eigenvalue weighted by Crippen LogP contribution is 2.29. The quantitative estimate of drug-likeness (QED) is 0.656. The van der Waals surface area contributed by atoms with Gasteiger partial charge in [0.25, 0.3) is 0 Å². The van der Waals surface area contributed by atoms with Crippen LogP contribution in [0.4, 0.5) is 8.78 Å². The fourth-order valence-electron chi connectivity index (χ4n) is 1.84. The molecule has 106 valence electrons. The minimum absolute atomic E-state index is 0.0297. The summed E-state index contributed by atoms with van der Waals surface area (Å²) in [5.74, 6) is -1.22. The molecule has 20 heavy (non-hydrogen) atoms. The van der Waals surface area contributed by atoms with E-state index < -0.39 is 17.7 Å². The van der Waals surface area contributed by atoms with Crippen LogP contribution < -0.4 is 5.73 Å². The van der Waals surface area contributed by atoms with E-state index in [1.54, 1.807) is 18.2 Å². The first kappa shape index (κ1) is 15.9. The highest BCUT2D eigenvalue weighted by molar-refractivity contribution is 9.10. The van der Waals surface area contributed by atoms with Crippen molar-refractivity contribution in [2.75, 3.05) is 0 Å². The average molecular weight is 425 g/mol. The van der Waals surface area contributed by atoms with Gasteiger partial charge < -0.3 is 5.73 Å². The molecule has 0 aromatic heterocycles. The van der Waals surface area contributed by atoms with E-state index in [0.29, 0.717) is 9.50 Å². The van der Waals surface area contributed by atoms with Gasteiger partial charge >= 0.3 is 0 Å². The van der Waals surface area contributed by atoms with E-state index in [-0.39, 0.29) is 16.5 Å². The van der Waals surface area contributed by atoms with E-state index in [1.807, 2.05) is 0 Å². The molecule has 0 fully saturated rings. The van der Waals surface area contributed by atoms with Gasteiger partial charge in [0.15, 0.2) is 0 Å². The Balaban J connectivity index is 2.30. The van der Waals surface area contributed by atoms with Crippen LogP contribution in [0.5, 0.6) is 0 Å². The molecule has 0 amide bonds. The van der Waals surface area contributed by atoms with Gasteiger partial charge in [0.05, 0.1) is 9.50 Å². The number of nitrogens with two attached hydrogens (primary N) is 1. The molecule has 0 radical (unpaired) electrons. The second-order valence-corrected chi connectivity index (χ2v) is 6.42. The zero-order chi connectivity index (χ0) is 14.9. The van der Waals surface area contributed by atoms with Crippen molar-refractivity contribution in [3.05, 3.63) is 67.1 Å². The highest BCUT2D eigenvalue weighted by atomic mass is 79.9. The molecule has 2 rings (SSSR count). The number of rotatable bonds is 3.